The Morgan fingerprint density at radius 1 is 1.71 bits per heavy atom. The summed E-state index contributed by atoms with van der Waals surface area (Å²) in [6, 6.07) is 0. The van der Waals surface area contributed by atoms with Gasteiger partial charge in [-0.1, -0.05) is 13.8 Å². The molecule has 0 spiro atoms. The lowest BCUT2D eigenvalue weighted by atomic mass is 9.84. The summed E-state index contributed by atoms with van der Waals surface area (Å²) >= 11 is 0. The zero-order valence-electron chi connectivity index (χ0n) is 8.60. The fourth-order valence-corrected chi connectivity index (χ4v) is 1.63. The van der Waals surface area contributed by atoms with Gasteiger partial charge in [-0.3, -0.25) is 0 Å². The molecule has 14 heavy (non-hydrogen) atoms. The third-order valence-corrected chi connectivity index (χ3v) is 2.97. The molecule has 0 aliphatic carbocycles. The van der Waals surface area contributed by atoms with Gasteiger partial charge in [-0.05, 0) is 12.8 Å². The van der Waals surface area contributed by atoms with Gasteiger partial charge in [-0.2, -0.15) is 5.10 Å². The molecule has 2 heterocycles. The third-order valence-electron chi connectivity index (χ3n) is 2.97. The fraction of sp³-hybridized carbons (Fsp3) is 0.600. The molecule has 1 aliphatic heterocycles. The highest BCUT2D eigenvalue weighted by atomic mass is 16.5. The Balaban J connectivity index is 2.25. The maximum atomic E-state index is 5.61. The van der Waals surface area contributed by atoms with E-state index in [1.807, 2.05) is 6.20 Å². The molecule has 1 unspecified atom stereocenters. The molecule has 1 aromatic rings. The monoisotopic (exact) mass is 193 g/mol. The largest absolute Gasteiger partial charge is 0.496 e. The second-order valence-electron chi connectivity index (χ2n) is 3.88. The molecule has 0 saturated carbocycles. The first-order valence-corrected chi connectivity index (χ1v) is 4.94. The number of hydrogen-bond donors (Lipinski definition) is 0. The summed E-state index contributed by atoms with van der Waals surface area (Å²) in [6.07, 6.45) is 7.29. The first kappa shape index (κ1) is 9.24. The predicted octanol–water partition coefficient (Wildman–Crippen LogP) is 1.91. The lowest BCUT2D eigenvalue weighted by Crippen LogP contribution is -2.13. The van der Waals surface area contributed by atoms with Crippen molar-refractivity contribution < 1.29 is 4.74 Å². The van der Waals surface area contributed by atoms with E-state index < -0.39 is 0 Å². The van der Waals surface area contributed by atoms with Crippen molar-refractivity contribution in [1.82, 2.24) is 14.8 Å². The number of allylic oxidation sites excluding steroid dienone is 1. The topological polar surface area (TPSA) is 39.9 Å². The molecule has 0 N–H and O–H groups in total. The highest BCUT2D eigenvalue weighted by Gasteiger charge is 2.34. The minimum Gasteiger partial charge on any atom is -0.496 e. The molecule has 1 atom stereocenters. The first-order chi connectivity index (χ1) is 6.74. The minimum absolute atomic E-state index is 0.173. The van der Waals surface area contributed by atoms with Crippen LogP contribution in [-0.4, -0.2) is 21.4 Å². The van der Waals surface area contributed by atoms with Crippen LogP contribution in [0, 0.1) is 5.41 Å². The maximum absolute atomic E-state index is 5.61. The highest BCUT2D eigenvalue weighted by molar-refractivity contribution is 5.30. The summed E-state index contributed by atoms with van der Waals surface area (Å²) in [5.74, 6) is 1.02. The van der Waals surface area contributed by atoms with Crippen LogP contribution in [0.1, 0.15) is 26.7 Å². The quantitative estimate of drug-likeness (QED) is 0.720. The SMILES string of the molecule is CCC1(C)CCOC1=Cn1cncn1. The summed E-state index contributed by atoms with van der Waals surface area (Å²) < 4.78 is 7.29. The summed E-state index contributed by atoms with van der Waals surface area (Å²) in [6.45, 7) is 5.22. The fourth-order valence-electron chi connectivity index (χ4n) is 1.63. The van der Waals surface area contributed by atoms with Crippen molar-refractivity contribution in [3.63, 3.8) is 0 Å². The number of hydrogen-bond acceptors (Lipinski definition) is 3. The smallest absolute Gasteiger partial charge is 0.138 e. The Bertz CT molecular complexity index is 331. The van der Waals surface area contributed by atoms with Gasteiger partial charge in [0.15, 0.2) is 0 Å². The van der Waals surface area contributed by atoms with E-state index in [0.717, 1.165) is 25.2 Å². The van der Waals surface area contributed by atoms with Crippen LogP contribution in [-0.2, 0) is 4.74 Å². The molecule has 76 valence electrons. The predicted molar refractivity (Wildman–Crippen MR) is 53.3 cm³/mol. The molecular weight excluding hydrogens is 178 g/mol. The molecule has 4 nitrogen and oxygen atoms in total. The minimum atomic E-state index is 0.173. The van der Waals surface area contributed by atoms with Gasteiger partial charge < -0.3 is 4.74 Å². The average Bonchev–Trinajstić information content (AvgIpc) is 2.79. The molecule has 1 aliphatic rings. The van der Waals surface area contributed by atoms with Crippen LogP contribution in [0.4, 0.5) is 0 Å². The molecule has 0 aromatic carbocycles. The molecule has 2 rings (SSSR count). The van der Waals surface area contributed by atoms with Gasteiger partial charge in [0.1, 0.15) is 18.4 Å². The molecule has 1 aromatic heterocycles. The van der Waals surface area contributed by atoms with Crippen LogP contribution in [0.15, 0.2) is 18.4 Å². The molecule has 0 amide bonds. The van der Waals surface area contributed by atoms with Crippen LogP contribution >= 0.6 is 0 Å². The van der Waals surface area contributed by atoms with Crippen molar-refractivity contribution >= 4 is 6.20 Å². The molecule has 4 heteroatoms. The number of ether oxygens (including phenoxy) is 1. The molecule has 0 radical (unpaired) electrons. The van der Waals surface area contributed by atoms with Crippen molar-refractivity contribution in [2.24, 2.45) is 5.41 Å². The van der Waals surface area contributed by atoms with E-state index in [-0.39, 0.29) is 5.41 Å². The Morgan fingerprint density at radius 3 is 3.21 bits per heavy atom. The molecule has 1 saturated heterocycles. The van der Waals surface area contributed by atoms with E-state index in [2.05, 4.69) is 23.9 Å². The second-order valence-corrected chi connectivity index (χ2v) is 3.88. The Kier molecular flexibility index (Phi) is 2.27. The standard InChI is InChI=1S/C10H15N3O/c1-3-10(2)4-5-14-9(10)6-13-8-11-7-12-13/h6-8H,3-5H2,1-2H3. The normalized spacial score (nSPS) is 29.4. The molecule has 1 fully saturated rings. The number of aromatic nitrogens is 3. The van der Waals surface area contributed by atoms with Crippen molar-refractivity contribution in [3.05, 3.63) is 18.4 Å². The summed E-state index contributed by atoms with van der Waals surface area (Å²) in [4.78, 5) is 3.89. The van der Waals surface area contributed by atoms with E-state index in [4.69, 9.17) is 4.74 Å². The summed E-state index contributed by atoms with van der Waals surface area (Å²) in [5.41, 5.74) is 0.173. The Labute approximate surface area is 83.6 Å². The zero-order valence-corrected chi connectivity index (χ0v) is 8.60. The van der Waals surface area contributed by atoms with Crippen molar-refractivity contribution in [1.29, 1.82) is 0 Å². The van der Waals surface area contributed by atoms with Crippen LogP contribution in [0.3, 0.4) is 0 Å². The van der Waals surface area contributed by atoms with E-state index >= 15 is 0 Å². The van der Waals surface area contributed by atoms with Crippen molar-refractivity contribution in [2.75, 3.05) is 6.61 Å². The number of rotatable bonds is 2. The second kappa shape index (κ2) is 3.44. The van der Waals surface area contributed by atoms with Crippen molar-refractivity contribution in [3.8, 4) is 0 Å². The van der Waals surface area contributed by atoms with Crippen LogP contribution in [0.2, 0.25) is 0 Å². The van der Waals surface area contributed by atoms with Gasteiger partial charge >= 0.3 is 0 Å². The van der Waals surface area contributed by atoms with Gasteiger partial charge in [0, 0.05) is 5.41 Å². The van der Waals surface area contributed by atoms with Gasteiger partial charge in [0.05, 0.1) is 12.8 Å². The number of nitrogens with zero attached hydrogens (tertiary/aromatic N) is 3. The Hall–Kier alpha value is -1.32. The molecule has 0 bridgehead atoms. The molecular formula is C10H15N3O. The van der Waals surface area contributed by atoms with Gasteiger partial charge in [-0.25, -0.2) is 9.67 Å². The summed E-state index contributed by atoms with van der Waals surface area (Å²) in [7, 11) is 0. The van der Waals surface area contributed by atoms with E-state index in [0.29, 0.717) is 0 Å². The van der Waals surface area contributed by atoms with Crippen LogP contribution < -0.4 is 0 Å². The lowest BCUT2D eigenvalue weighted by Gasteiger charge is -2.20. The highest BCUT2D eigenvalue weighted by Crippen LogP contribution is 2.40. The lowest BCUT2D eigenvalue weighted by molar-refractivity contribution is 0.246. The van der Waals surface area contributed by atoms with Crippen LogP contribution in [0.5, 0.6) is 0 Å². The zero-order chi connectivity index (χ0) is 10.0. The van der Waals surface area contributed by atoms with Gasteiger partial charge in [0.2, 0.25) is 0 Å². The van der Waals surface area contributed by atoms with E-state index in [1.54, 1.807) is 11.0 Å². The van der Waals surface area contributed by atoms with Gasteiger partial charge in [-0.15, -0.1) is 0 Å². The first-order valence-electron chi connectivity index (χ1n) is 4.94. The average molecular weight is 193 g/mol. The third kappa shape index (κ3) is 1.52. The van der Waals surface area contributed by atoms with E-state index in [9.17, 15) is 0 Å². The Morgan fingerprint density at radius 2 is 2.57 bits per heavy atom. The maximum Gasteiger partial charge on any atom is 0.138 e. The summed E-state index contributed by atoms with van der Waals surface area (Å²) in [5, 5.41) is 4.03. The van der Waals surface area contributed by atoms with Gasteiger partial charge in [0.25, 0.3) is 0 Å². The van der Waals surface area contributed by atoms with Crippen LogP contribution in [0.25, 0.3) is 6.20 Å². The van der Waals surface area contributed by atoms with E-state index in [1.165, 1.54) is 6.33 Å². The van der Waals surface area contributed by atoms with Crippen molar-refractivity contribution in [2.45, 2.75) is 26.7 Å².